The van der Waals surface area contributed by atoms with E-state index in [4.69, 9.17) is 37.0 Å². The highest BCUT2D eigenvalue weighted by Crippen LogP contribution is 2.45. The van der Waals surface area contributed by atoms with Crippen molar-refractivity contribution >= 4 is 39.5 Å². The Morgan fingerprint density at radius 1 is 0.296 bits per heavy atom. The number of carbonyl (C=O) groups excluding carboxylic acids is 4. The Hall–Kier alpha value is -5.06. The van der Waals surface area contributed by atoms with Crippen molar-refractivity contribution < 1.29 is 80.2 Å². The van der Waals surface area contributed by atoms with E-state index in [0.29, 0.717) is 32.1 Å². The van der Waals surface area contributed by atoms with Gasteiger partial charge < -0.3 is 33.8 Å². The maximum atomic E-state index is 13.0. The Balaban J connectivity index is 5.42. The first-order chi connectivity index (χ1) is 47.7. The molecule has 0 aliphatic carbocycles. The fraction of sp³-hybridized carbons (Fsp3) is 0.646. The third-order valence-electron chi connectivity index (χ3n) is 14.8. The molecule has 3 N–H and O–H groups in total. The summed E-state index contributed by atoms with van der Waals surface area (Å²) in [4.78, 5) is 72.7. The molecule has 0 spiro atoms. The standard InChI is InChI=1S/C79H130O17P2/c1-5-9-13-17-21-25-29-32-34-35-36-37-39-42-45-48-52-56-60-64-77(82)89-69-74(95-78(83)65-61-57-53-49-43-28-24-20-16-12-8-4)71-93-97(85,86)91-67-73(80)68-92-98(87,88)94-72-75(96-79(84)66-62-58-54-50-46-40-31-27-23-19-15-11-7-3)70-90-76(81)63-59-55-51-47-44-41-38-33-30-26-22-18-14-10-6-2/h9-10,13-14,20-22,24-27,31-34,36-38,42,44-45,47,52,56,73-75,80H,5-8,11-12,15-19,23,28-30,35,39-41,43,46,48-51,53-55,57-72H2,1-4H3,(H,85,86)(H,87,88)/b13-9-,14-10-,24-20-,25-21-,26-22-,31-27-,34-32-,37-36-,38-33-,45-42-,47-44-,56-52-. The van der Waals surface area contributed by atoms with Crippen LogP contribution in [0.4, 0.5) is 0 Å². The zero-order valence-electron chi connectivity index (χ0n) is 60.7. The zero-order valence-corrected chi connectivity index (χ0v) is 62.4. The maximum absolute atomic E-state index is 13.0. The summed E-state index contributed by atoms with van der Waals surface area (Å²) in [6.45, 7) is 4.40. The number of aliphatic hydroxyl groups excluding tert-OH is 1. The Kier molecular flexibility index (Phi) is 66.7. The highest BCUT2D eigenvalue weighted by atomic mass is 31.2. The van der Waals surface area contributed by atoms with E-state index in [9.17, 15) is 43.2 Å². The van der Waals surface area contributed by atoms with Gasteiger partial charge in [-0.25, -0.2) is 9.13 Å². The molecule has 0 aromatic heterocycles. The molecule has 98 heavy (non-hydrogen) atoms. The van der Waals surface area contributed by atoms with Crippen LogP contribution < -0.4 is 0 Å². The van der Waals surface area contributed by atoms with Crippen molar-refractivity contribution in [3.8, 4) is 0 Å². The lowest BCUT2D eigenvalue weighted by molar-refractivity contribution is -0.161. The number of phosphoric acid groups is 2. The van der Waals surface area contributed by atoms with E-state index in [1.165, 1.54) is 32.1 Å². The molecule has 5 unspecified atom stereocenters. The van der Waals surface area contributed by atoms with Crippen LogP contribution >= 0.6 is 15.6 Å². The molecule has 0 aliphatic heterocycles. The molecular weight excluding hydrogens is 1280 g/mol. The SMILES string of the molecule is CC/C=C\C/C=C\C/C=C\C/C=C\C/C=C\C/C=C\CCC(=O)OCC(COP(=O)(O)OCC(O)COP(=O)(O)OCC(COC(=O)CCCC/C=C\C/C=C\C/C=C\C/C=C\CC)OC(=O)CCCCCCC/C=C\CCCCCC)OC(=O)CCCCCCC/C=C\CCCC. The summed E-state index contributed by atoms with van der Waals surface area (Å²) in [5.74, 6) is -2.35. The van der Waals surface area contributed by atoms with E-state index in [-0.39, 0.29) is 25.7 Å². The molecule has 0 radical (unpaired) electrons. The topological polar surface area (TPSA) is 237 Å². The number of aliphatic hydroxyl groups is 1. The van der Waals surface area contributed by atoms with Gasteiger partial charge in [0.1, 0.15) is 19.3 Å². The Labute approximate surface area is 592 Å². The van der Waals surface area contributed by atoms with Crippen LogP contribution in [0.5, 0.6) is 0 Å². The molecule has 0 bridgehead atoms. The second kappa shape index (κ2) is 70.4. The number of esters is 4. The lowest BCUT2D eigenvalue weighted by Gasteiger charge is -2.21. The minimum Gasteiger partial charge on any atom is -0.462 e. The predicted molar refractivity (Wildman–Crippen MR) is 399 cm³/mol. The first kappa shape index (κ1) is 92.9. The predicted octanol–water partition coefficient (Wildman–Crippen LogP) is 21.1. The number of carbonyl (C=O) groups is 4. The smallest absolute Gasteiger partial charge is 0.462 e. The van der Waals surface area contributed by atoms with Gasteiger partial charge in [0.05, 0.1) is 26.4 Å². The van der Waals surface area contributed by atoms with Gasteiger partial charge in [-0.2, -0.15) is 0 Å². The minimum absolute atomic E-state index is 0.0300. The second-order valence-electron chi connectivity index (χ2n) is 24.1. The van der Waals surface area contributed by atoms with Gasteiger partial charge in [-0.15, -0.1) is 0 Å². The van der Waals surface area contributed by atoms with Crippen LogP contribution in [-0.4, -0.2) is 96.7 Å². The number of hydrogen-bond donors (Lipinski definition) is 3. The van der Waals surface area contributed by atoms with Crippen molar-refractivity contribution in [2.45, 2.75) is 290 Å². The van der Waals surface area contributed by atoms with Gasteiger partial charge in [0.25, 0.3) is 0 Å². The summed E-state index contributed by atoms with van der Waals surface area (Å²) in [6, 6.07) is 0. The molecular formula is C79H130O17P2. The van der Waals surface area contributed by atoms with Crippen molar-refractivity contribution in [3.05, 3.63) is 146 Å². The van der Waals surface area contributed by atoms with Gasteiger partial charge in [0.2, 0.25) is 0 Å². The molecule has 0 amide bonds. The van der Waals surface area contributed by atoms with E-state index in [1.807, 2.05) is 18.2 Å². The van der Waals surface area contributed by atoms with Crippen molar-refractivity contribution in [3.63, 3.8) is 0 Å². The zero-order chi connectivity index (χ0) is 71.8. The summed E-state index contributed by atoms with van der Waals surface area (Å²) < 4.78 is 68.2. The highest BCUT2D eigenvalue weighted by molar-refractivity contribution is 7.47. The fourth-order valence-electron chi connectivity index (χ4n) is 9.15. The van der Waals surface area contributed by atoms with Crippen LogP contribution in [0.15, 0.2) is 146 Å². The molecule has 0 aliphatic rings. The summed E-state index contributed by atoms with van der Waals surface area (Å²) in [5, 5.41) is 10.6. The second-order valence-corrected chi connectivity index (χ2v) is 27.0. The largest absolute Gasteiger partial charge is 0.472 e. The van der Waals surface area contributed by atoms with E-state index in [2.05, 4.69) is 155 Å². The molecule has 5 atom stereocenters. The third kappa shape index (κ3) is 69.4. The monoisotopic (exact) mass is 1410 g/mol. The third-order valence-corrected chi connectivity index (χ3v) is 16.7. The average Bonchev–Trinajstić information content (AvgIpc) is 1.00. The van der Waals surface area contributed by atoms with Gasteiger partial charge in [-0.05, 0) is 148 Å². The Morgan fingerprint density at radius 2 is 0.561 bits per heavy atom. The van der Waals surface area contributed by atoms with Crippen LogP contribution in [0, 0.1) is 0 Å². The first-order valence-corrected chi connectivity index (χ1v) is 40.1. The van der Waals surface area contributed by atoms with Gasteiger partial charge in [-0.3, -0.25) is 37.3 Å². The highest BCUT2D eigenvalue weighted by Gasteiger charge is 2.30. The van der Waals surface area contributed by atoms with Crippen molar-refractivity contribution in [1.29, 1.82) is 0 Å². The normalized spacial score (nSPS) is 14.8. The molecule has 0 fully saturated rings. The van der Waals surface area contributed by atoms with Crippen molar-refractivity contribution in [1.82, 2.24) is 0 Å². The lowest BCUT2D eigenvalue weighted by Crippen LogP contribution is -2.30. The van der Waals surface area contributed by atoms with Gasteiger partial charge in [0, 0.05) is 25.7 Å². The van der Waals surface area contributed by atoms with Crippen molar-refractivity contribution in [2.24, 2.45) is 0 Å². The molecule has 19 heteroatoms. The summed E-state index contributed by atoms with van der Waals surface area (Å²) in [6.07, 6.45) is 78.7. The number of unbranched alkanes of at least 4 members (excludes halogenated alkanes) is 18. The summed E-state index contributed by atoms with van der Waals surface area (Å²) >= 11 is 0. The molecule has 17 nitrogen and oxygen atoms in total. The van der Waals surface area contributed by atoms with Gasteiger partial charge in [-0.1, -0.05) is 244 Å². The molecule has 0 rings (SSSR count). The molecule has 558 valence electrons. The van der Waals surface area contributed by atoms with E-state index >= 15 is 0 Å². The summed E-state index contributed by atoms with van der Waals surface area (Å²) in [7, 11) is -9.99. The van der Waals surface area contributed by atoms with Crippen molar-refractivity contribution in [2.75, 3.05) is 39.6 Å². The van der Waals surface area contributed by atoms with Crippen LogP contribution in [0.2, 0.25) is 0 Å². The van der Waals surface area contributed by atoms with E-state index < -0.39 is 97.5 Å². The molecule has 0 aromatic carbocycles. The molecule has 0 saturated heterocycles. The van der Waals surface area contributed by atoms with E-state index in [0.717, 1.165) is 154 Å². The average molecular weight is 1410 g/mol. The summed E-state index contributed by atoms with van der Waals surface area (Å²) in [5.41, 5.74) is 0. The quantitative estimate of drug-likeness (QED) is 0.0169. The Bertz CT molecular complexity index is 2430. The maximum Gasteiger partial charge on any atom is 0.472 e. The Morgan fingerprint density at radius 3 is 0.939 bits per heavy atom. The van der Waals surface area contributed by atoms with Crippen LogP contribution in [0.3, 0.4) is 0 Å². The number of phosphoric ester groups is 2. The number of allylic oxidation sites excluding steroid dienone is 24. The minimum atomic E-state index is -5.00. The first-order valence-electron chi connectivity index (χ1n) is 37.1. The molecule has 0 heterocycles. The molecule has 0 saturated carbocycles. The fourth-order valence-corrected chi connectivity index (χ4v) is 10.7. The van der Waals surface area contributed by atoms with Gasteiger partial charge in [0.15, 0.2) is 12.2 Å². The number of hydrogen-bond acceptors (Lipinski definition) is 15. The lowest BCUT2D eigenvalue weighted by atomic mass is 10.1. The van der Waals surface area contributed by atoms with Crippen LogP contribution in [0.1, 0.15) is 272 Å². The number of rotatable bonds is 68. The van der Waals surface area contributed by atoms with Crippen LogP contribution in [-0.2, 0) is 65.4 Å². The van der Waals surface area contributed by atoms with E-state index in [1.54, 1.807) is 0 Å². The van der Waals surface area contributed by atoms with Crippen LogP contribution in [0.25, 0.3) is 0 Å². The number of ether oxygens (including phenoxy) is 4. The van der Waals surface area contributed by atoms with Gasteiger partial charge >= 0.3 is 39.5 Å². The molecule has 0 aromatic rings.